The van der Waals surface area contributed by atoms with Crippen LogP contribution in [0.3, 0.4) is 0 Å². The van der Waals surface area contributed by atoms with Gasteiger partial charge in [0.25, 0.3) is 6.71 Å². The second kappa shape index (κ2) is 17.6. The van der Waals surface area contributed by atoms with Gasteiger partial charge in [0, 0.05) is 16.3 Å². The second-order valence-corrected chi connectivity index (χ2v) is 22.8. The first-order valence-corrected chi connectivity index (χ1v) is 26.5. The van der Waals surface area contributed by atoms with Crippen molar-refractivity contribution in [2.45, 2.75) is 64.7 Å². The predicted molar refractivity (Wildman–Crippen MR) is 317 cm³/mol. The summed E-state index contributed by atoms with van der Waals surface area (Å²) in [7, 11) is 0. The molecule has 13 rings (SSSR count). The standard InChI is InChI=1S/C72H59BO2/c1-70(2,3)54-29-21-24-47(41-54)48-38-49(40-51(39-48)68-59-32-19-17-30-57(59)67(46-22-11-8-12-23-46)58-31-18-20-33-60(58)68)50-42-65-69-66(43-50)75-64-37-35-56(72(6,7)53-27-15-10-16-28-53)45-62(64)73(69)61-44-55(34-36-63(61)74-65)71(4,5)52-25-13-9-14-26-52/h8-45H,1-7H3. The van der Waals surface area contributed by atoms with Crippen molar-refractivity contribution in [2.24, 2.45) is 0 Å². The molecule has 0 fully saturated rings. The average molecular weight is 967 g/mol. The third kappa shape index (κ3) is 7.87. The Bertz CT molecular complexity index is 3850. The number of hydrogen-bond acceptors (Lipinski definition) is 2. The van der Waals surface area contributed by atoms with E-state index in [1.54, 1.807) is 0 Å². The Morgan fingerprint density at radius 1 is 0.280 bits per heavy atom. The third-order valence-corrected chi connectivity index (χ3v) is 16.5. The molecule has 0 N–H and O–H groups in total. The Balaban J connectivity index is 1.03. The Labute approximate surface area is 442 Å². The number of hydrogen-bond donors (Lipinski definition) is 0. The van der Waals surface area contributed by atoms with Gasteiger partial charge in [-0.25, -0.2) is 0 Å². The van der Waals surface area contributed by atoms with Gasteiger partial charge in [-0.15, -0.1) is 0 Å². The van der Waals surface area contributed by atoms with Crippen molar-refractivity contribution < 1.29 is 9.47 Å². The molecule has 0 bridgehead atoms. The number of ether oxygens (including phenoxy) is 2. The Morgan fingerprint density at radius 3 is 1.15 bits per heavy atom. The largest absolute Gasteiger partial charge is 0.458 e. The van der Waals surface area contributed by atoms with Crippen molar-refractivity contribution in [1.82, 2.24) is 0 Å². The second-order valence-electron chi connectivity index (χ2n) is 22.8. The summed E-state index contributed by atoms with van der Waals surface area (Å²) in [4.78, 5) is 0. The summed E-state index contributed by atoms with van der Waals surface area (Å²) >= 11 is 0. The fourth-order valence-corrected chi connectivity index (χ4v) is 12.1. The van der Waals surface area contributed by atoms with E-state index in [2.05, 4.69) is 279 Å². The Morgan fingerprint density at radius 2 is 0.667 bits per heavy atom. The highest BCUT2D eigenvalue weighted by Gasteiger charge is 2.42. The molecule has 2 aliphatic heterocycles. The molecule has 0 aliphatic carbocycles. The highest BCUT2D eigenvalue weighted by Crippen LogP contribution is 2.47. The van der Waals surface area contributed by atoms with Gasteiger partial charge >= 0.3 is 0 Å². The minimum atomic E-state index is -0.248. The Kier molecular flexibility index (Phi) is 10.9. The zero-order chi connectivity index (χ0) is 51.2. The number of benzene rings is 11. The van der Waals surface area contributed by atoms with Crippen LogP contribution in [0.2, 0.25) is 0 Å². The van der Waals surface area contributed by atoms with Crippen molar-refractivity contribution in [3.05, 3.63) is 258 Å². The molecule has 0 aromatic heterocycles. The molecule has 0 unspecified atom stereocenters. The van der Waals surface area contributed by atoms with E-state index in [4.69, 9.17) is 9.47 Å². The van der Waals surface area contributed by atoms with E-state index < -0.39 is 0 Å². The van der Waals surface area contributed by atoms with Gasteiger partial charge in [0.1, 0.15) is 23.0 Å². The topological polar surface area (TPSA) is 18.5 Å². The van der Waals surface area contributed by atoms with Crippen LogP contribution in [0.25, 0.3) is 66.1 Å². The SMILES string of the molecule is CC(C)(C)c1cccc(-c2cc(-c3cc4c5c(c3)Oc3ccc(C(C)(C)c6ccccc6)cc3B5c3cc(C(C)(C)c5ccccc5)ccc3O4)cc(-c3c4ccccc4c(-c4ccccc4)c4ccccc34)c2)c1. The van der Waals surface area contributed by atoms with Crippen molar-refractivity contribution in [3.8, 4) is 67.5 Å². The fourth-order valence-electron chi connectivity index (χ4n) is 12.1. The summed E-state index contributed by atoms with van der Waals surface area (Å²) in [6.45, 7) is 16.0. The van der Waals surface area contributed by atoms with Gasteiger partial charge in [-0.05, 0) is 153 Å². The summed E-state index contributed by atoms with van der Waals surface area (Å²) in [5.41, 5.74) is 18.4. The molecule has 11 aromatic carbocycles. The maximum Gasteiger partial charge on any atom is 0.260 e. The van der Waals surface area contributed by atoms with Crippen molar-refractivity contribution >= 4 is 44.6 Å². The molecular formula is C72H59BO2. The average Bonchev–Trinajstić information content (AvgIpc) is 3.47. The maximum atomic E-state index is 7.22. The summed E-state index contributed by atoms with van der Waals surface area (Å²) in [5.74, 6) is 3.37. The molecule has 11 aromatic rings. The van der Waals surface area contributed by atoms with Gasteiger partial charge in [-0.3, -0.25) is 0 Å². The van der Waals surface area contributed by atoms with Crippen LogP contribution < -0.4 is 25.9 Å². The summed E-state index contributed by atoms with van der Waals surface area (Å²) < 4.78 is 14.4. The van der Waals surface area contributed by atoms with Crippen molar-refractivity contribution in [3.63, 3.8) is 0 Å². The zero-order valence-corrected chi connectivity index (χ0v) is 43.8. The predicted octanol–water partition coefficient (Wildman–Crippen LogP) is 17.3. The molecule has 0 radical (unpaired) electrons. The lowest BCUT2D eigenvalue weighted by molar-refractivity contribution is 0.464. The molecule has 2 nitrogen and oxygen atoms in total. The van der Waals surface area contributed by atoms with E-state index in [-0.39, 0.29) is 23.0 Å². The molecule has 362 valence electrons. The van der Waals surface area contributed by atoms with Crippen LogP contribution in [0, 0.1) is 0 Å². The molecule has 3 heteroatoms. The van der Waals surface area contributed by atoms with E-state index in [1.807, 2.05) is 0 Å². The molecular weight excluding hydrogens is 908 g/mol. The van der Waals surface area contributed by atoms with Crippen LogP contribution in [0.4, 0.5) is 0 Å². The van der Waals surface area contributed by atoms with Gasteiger partial charge in [-0.2, -0.15) is 0 Å². The highest BCUT2D eigenvalue weighted by atomic mass is 16.5. The fraction of sp³-hybridized carbons (Fsp3) is 0.139. The van der Waals surface area contributed by atoms with Gasteiger partial charge < -0.3 is 9.47 Å². The molecule has 0 amide bonds. The number of fused-ring (bicyclic) bond motifs is 6. The molecule has 0 atom stereocenters. The van der Waals surface area contributed by atoms with Gasteiger partial charge in [0.2, 0.25) is 0 Å². The smallest absolute Gasteiger partial charge is 0.260 e. The van der Waals surface area contributed by atoms with Crippen LogP contribution in [-0.2, 0) is 16.2 Å². The van der Waals surface area contributed by atoms with Crippen LogP contribution in [0.15, 0.2) is 231 Å². The van der Waals surface area contributed by atoms with Gasteiger partial charge in [-0.1, -0.05) is 237 Å². The lowest BCUT2D eigenvalue weighted by atomic mass is 9.34. The minimum Gasteiger partial charge on any atom is -0.458 e. The van der Waals surface area contributed by atoms with Crippen LogP contribution in [-0.4, -0.2) is 6.71 Å². The first-order chi connectivity index (χ1) is 36.3. The van der Waals surface area contributed by atoms with Crippen LogP contribution in [0.1, 0.15) is 76.3 Å². The molecule has 2 aliphatic rings. The summed E-state index contributed by atoms with van der Waals surface area (Å²) in [6, 6.07) is 84.9. The van der Waals surface area contributed by atoms with Crippen LogP contribution in [0.5, 0.6) is 23.0 Å². The highest BCUT2D eigenvalue weighted by molar-refractivity contribution is 6.98. The van der Waals surface area contributed by atoms with Crippen LogP contribution >= 0.6 is 0 Å². The maximum absolute atomic E-state index is 7.22. The molecule has 0 spiro atoms. The molecule has 0 saturated carbocycles. The van der Waals surface area contributed by atoms with E-state index in [0.717, 1.165) is 61.6 Å². The first-order valence-electron chi connectivity index (χ1n) is 26.5. The minimum absolute atomic E-state index is 0.0226. The van der Waals surface area contributed by atoms with Crippen molar-refractivity contribution in [1.29, 1.82) is 0 Å². The van der Waals surface area contributed by atoms with Gasteiger partial charge in [0.15, 0.2) is 0 Å². The third-order valence-electron chi connectivity index (χ3n) is 16.5. The first kappa shape index (κ1) is 46.4. The number of rotatable bonds is 8. The summed E-state index contributed by atoms with van der Waals surface area (Å²) in [5, 5.41) is 4.89. The van der Waals surface area contributed by atoms with E-state index in [0.29, 0.717) is 0 Å². The molecule has 0 saturated heterocycles. The van der Waals surface area contributed by atoms with Crippen molar-refractivity contribution in [2.75, 3.05) is 0 Å². The monoisotopic (exact) mass is 966 g/mol. The van der Waals surface area contributed by atoms with E-state index in [9.17, 15) is 0 Å². The Hall–Kier alpha value is -8.40. The zero-order valence-electron chi connectivity index (χ0n) is 43.8. The van der Waals surface area contributed by atoms with E-state index in [1.165, 1.54) is 71.6 Å². The lowest BCUT2D eigenvalue weighted by Crippen LogP contribution is -2.57. The molecule has 75 heavy (non-hydrogen) atoms. The normalized spacial score (nSPS) is 12.9. The van der Waals surface area contributed by atoms with E-state index >= 15 is 0 Å². The quantitative estimate of drug-likeness (QED) is 0.112. The molecule has 2 heterocycles. The lowest BCUT2D eigenvalue weighted by Gasteiger charge is -2.36. The van der Waals surface area contributed by atoms with Gasteiger partial charge in [0.05, 0.1) is 0 Å². The summed E-state index contributed by atoms with van der Waals surface area (Å²) in [6.07, 6.45) is 0.